The van der Waals surface area contributed by atoms with Crippen molar-refractivity contribution in [3.05, 3.63) is 48.0 Å². The molecule has 0 aromatic heterocycles. The summed E-state index contributed by atoms with van der Waals surface area (Å²) in [7, 11) is 0.411. The number of likely N-dealkylation sites (N-methyl/N-ethyl adjacent to an activating group) is 1. The van der Waals surface area contributed by atoms with Gasteiger partial charge in [-0.1, -0.05) is 19.1 Å². The van der Waals surface area contributed by atoms with E-state index in [0.717, 1.165) is 28.9 Å². The van der Waals surface area contributed by atoms with E-state index in [1.165, 1.54) is 58.0 Å². The van der Waals surface area contributed by atoms with Crippen LogP contribution in [0, 0.1) is 5.92 Å². The molecule has 0 radical (unpaired) electrons. The number of methoxy groups -OCH3 is 2. The Hall–Kier alpha value is -2.78. The molecule has 1 atom stereocenters. The molecular weight excluding hydrogens is 454 g/mol. The second-order valence-electron chi connectivity index (χ2n) is 8.83. The largest absolute Gasteiger partial charge is 0.493 e. The molecular formula is C25H35N3O5S. The average molecular weight is 490 g/mol. The van der Waals surface area contributed by atoms with Crippen molar-refractivity contribution >= 4 is 21.6 Å². The lowest BCUT2D eigenvalue weighted by Gasteiger charge is -2.32. The molecule has 186 valence electrons. The van der Waals surface area contributed by atoms with E-state index in [9.17, 15) is 13.2 Å². The molecule has 1 aliphatic heterocycles. The van der Waals surface area contributed by atoms with Gasteiger partial charge < -0.3 is 19.7 Å². The van der Waals surface area contributed by atoms with E-state index in [-0.39, 0.29) is 23.4 Å². The molecule has 3 rings (SSSR count). The quantitative estimate of drug-likeness (QED) is 0.581. The Morgan fingerprint density at radius 2 is 1.71 bits per heavy atom. The Kier molecular flexibility index (Phi) is 8.43. The number of rotatable bonds is 9. The van der Waals surface area contributed by atoms with Crippen LogP contribution in [-0.4, -0.2) is 59.5 Å². The lowest BCUT2D eigenvalue weighted by Crippen LogP contribution is -2.39. The van der Waals surface area contributed by atoms with Crippen molar-refractivity contribution in [1.29, 1.82) is 0 Å². The first-order valence-corrected chi connectivity index (χ1v) is 12.9. The first kappa shape index (κ1) is 25.8. The molecule has 1 aliphatic rings. The maximum absolute atomic E-state index is 12.9. The fraction of sp³-hybridized carbons (Fsp3) is 0.480. The fourth-order valence-corrected chi connectivity index (χ4v) is 5.20. The fourth-order valence-electron chi connectivity index (χ4n) is 4.06. The van der Waals surface area contributed by atoms with E-state index >= 15 is 0 Å². The first-order chi connectivity index (χ1) is 16.1. The maximum atomic E-state index is 12.9. The normalized spacial score (nSPS) is 15.8. The number of hydrogen-bond acceptors (Lipinski definition) is 6. The summed E-state index contributed by atoms with van der Waals surface area (Å²) >= 11 is 0. The third-order valence-corrected chi connectivity index (χ3v) is 8.15. The van der Waals surface area contributed by atoms with Crippen LogP contribution in [0.2, 0.25) is 0 Å². The van der Waals surface area contributed by atoms with Gasteiger partial charge in [-0.15, -0.1) is 0 Å². The van der Waals surface area contributed by atoms with Gasteiger partial charge in [0.15, 0.2) is 11.5 Å². The molecule has 9 heteroatoms. The molecule has 1 unspecified atom stereocenters. The van der Waals surface area contributed by atoms with Crippen molar-refractivity contribution < 1.29 is 22.7 Å². The molecule has 8 nitrogen and oxygen atoms in total. The van der Waals surface area contributed by atoms with E-state index in [1.54, 1.807) is 0 Å². The summed E-state index contributed by atoms with van der Waals surface area (Å²) in [4.78, 5) is 15.0. The van der Waals surface area contributed by atoms with E-state index in [4.69, 9.17) is 9.47 Å². The zero-order valence-corrected chi connectivity index (χ0v) is 21.4. The maximum Gasteiger partial charge on any atom is 0.243 e. The first-order valence-electron chi connectivity index (χ1n) is 11.5. The molecule has 1 amide bonds. The van der Waals surface area contributed by atoms with Gasteiger partial charge in [0.1, 0.15) is 0 Å². The summed E-state index contributed by atoms with van der Waals surface area (Å²) in [6.07, 6.45) is 2.40. The van der Waals surface area contributed by atoms with Crippen LogP contribution in [0.25, 0.3) is 0 Å². The number of anilines is 1. The topological polar surface area (TPSA) is 88.2 Å². The van der Waals surface area contributed by atoms with Gasteiger partial charge >= 0.3 is 0 Å². The van der Waals surface area contributed by atoms with E-state index in [0.29, 0.717) is 11.5 Å². The number of benzene rings is 2. The number of carbonyl (C=O) groups is 1. The molecule has 1 saturated heterocycles. The Morgan fingerprint density at radius 3 is 2.29 bits per heavy atom. The van der Waals surface area contributed by atoms with Gasteiger partial charge in [-0.05, 0) is 55.5 Å². The van der Waals surface area contributed by atoms with Crippen LogP contribution in [0.3, 0.4) is 0 Å². The van der Waals surface area contributed by atoms with Crippen LogP contribution in [0.1, 0.15) is 38.3 Å². The van der Waals surface area contributed by atoms with Gasteiger partial charge in [-0.3, -0.25) is 4.79 Å². The highest BCUT2D eigenvalue weighted by molar-refractivity contribution is 7.89. The molecule has 0 bridgehead atoms. The minimum atomic E-state index is -3.88. The van der Waals surface area contributed by atoms with Crippen molar-refractivity contribution in [2.75, 3.05) is 45.8 Å². The molecule has 0 saturated carbocycles. The van der Waals surface area contributed by atoms with Crippen molar-refractivity contribution in [2.24, 2.45) is 5.92 Å². The van der Waals surface area contributed by atoms with E-state index in [1.807, 2.05) is 19.1 Å². The van der Waals surface area contributed by atoms with E-state index in [2.05, 4.69) is 29.3 Å². The number of sulfonamides is 1. The van der Waals surface area contributed by atoms with Crippen LogP contribution in [-0.2, 0) is 14.8 Å². The van der Waals surface area contributed by atoms with Crippen LogP contribution < -0.4 is 19.7 Å². The summed E-state index contributed by atoms with van der Waals surface area (Å²) in [6.45, 7) is 6.01. The molecule has 0 spiro atoms. The number of amides is 1. The van der Waals surface area contributed by atoms with Crippen molar-refractivity contribution in [3.63, 3.8) is 0 Å². The van der Waals surface area contributed by atoms with Crippen molar-refractivity contribution in [2.45, 2.75) is 37.6 Å². The Balaban J connectivity index is 1.60. The lowest BCUT2D eigenvalue weighted by atomic mass is 9.98. The zero-order chi connectivity index (χ0) is 24.9. The molecule has 1 N–H and O–H groups in total. The van der Waals surface area contributed by atoms with Gasteiger partial charge in [0.2, 0.25) is 15.9 Å². The highest BCUT2D eigenvalue weighted by Crippen LogP contribution is 2.30. The van der Waals surface area contributed by atoms with Gasteiger partial charge in [0.25, 0.3) is 0 Å². The summed E-state index contributed by atoms with van der Waals surface area (Å²) in [5, 5.41) is 2.89. The van der Waals surface area contributed by atoms with Crippen LogP contribution >= 0.6 is 0 Å². The number of nitrogens with zero attached hydrogens (tertiary/aromatic N) is 2. The second kappa shape index (κ2) is 11.1. The van der Waals surface area contributed by atoms with Gasteiger partial charge in [-0.25, -0.2) is 8.42 Å². The Labute approximate surface area is 202 Å². The lowest BCUT2D eigenvalue weighted by molar-refractivity contribution is -0.121. The highest BCUT2D eigenvalue weighted by Gasteiger charge is 2.25. The molecule has 2 aromatic carbocycles. The monoisotopic (exact) mass is 489 g/mol. The highest BCUT2D eigenvalue weighted by atomic mass is 32.2. The summed E-state index contributed by atoms with van der Waals surface area (Å²) in [5.41, 5.74) is 2.16. The predicted molar refractivity (Wildman–Crippen MR) is 133 cm³/mol. The van der Waals surface area contributed by atoms with Gasteiger partial charge in [0.05, 0.1) is 31.7 Å². The second-order valence-corrected chi connectivity index (χ2v) is 10.9. The van der Waals surface area contributed by atoms with Crippen LogP contribution in [0.15, 0.2) is 47.4 Å². The third kappa shape index (κ3) is 6.01. The molecule has 2 aromatic rings. The number of carbonyl (C=O) groups excluding carboxylic acids is 1. The molecule has 1 heterocycles. The predicted octanol–water partition coefficient (Wildman–Crippen LogP) is 3.44. The average Bonchev–Trinajstić information content (AvgIpc) is 2.83. The number of hydrogen-bond donors (Lipinski definition) is 1. The molecule has 0 aliphatic carbocycles. The molecule has 34 heavy (non-hydrogen) atoms. The SMILES string of the molecule is COc1ccc(S(=O)(=O)N(C)CC(=O)NC(C)c2ccc(N3CCC(C)CC3)cc2)cc1OC. The van der Waals surface area contributed by atoms with Gasteiger partial charge in [-0.2, -0.15) is 4.31 Å². The standard InChI is InChI=1S/C25H35N3O5S/c1-18-12-14-28(15-13-18)21-8-6-20(7-9-21)19(2)26-25(29)17-27(3)34(30,31)22-10-11-23(32-4)24(16-22)33-5/h6-11,16,18-19H,12-15,17H2,1-5H3,(H,26,29). The van der Waals surface area contributed by atoms with Gasteiger partial charge in [0, 0.05) is 31.9 Å². The summed E-state index contributed by atoms with van der Waals surface area (Å²) < 4.78 is 37.3. The Morgan fingerprint density at radius 1 is 1.09 bits per heavy atom. The number of piperidine rings is 1. The summed E-state index contributed by atoms with van der Waals surface area (Å²) in [6, 6.07) is 12.3. The Bertz CT molecular complexity index is 1080. The zero-order valence-electron chi connectivity index (χ0n) is 20.6. The van der Waals surface area contributed by atoms with Crippen LogP contribution in [0.4, 0.5) is 5.69 Å². The summed E-state index contributed by atoms with van der Waals surface area (Å²) in [5.74, 6) is 1.13. The van der Waals surface area contributed by atoms with E-state index < -0.39 is 10.0 Å². The minimum Gasteiger partial charge on any atom is -0.493 e. The third-order valence-electron chi connectivity index (χ3n) is 6.35. The molecule has 1 fully saturated rings. The van der Waals surface area contributed by atoms with Crippen LogP contribution in [0.5, 0.6) is 11.5 Å². The van der Waals surface area contributed by atoms with Crippen molar-refractivity contribution in [1.82, 2.24) is 9.62 Å². The minimum absolute atomic E-state index is 0.0243. The number of nitrogens with one attached hydrogen (secondary N) is 1. The number of ether oxygens (including phenoxy) is 2. The smallest absolute Gasteiger partial charge is 0.243 e. The van der Waals surface area contributed by atoms with Crippen molar-refractivity contribution in [3.8, 4) is 11.5 Å².